The van der Waals surface area contributed by atoms with Crippen LogP contribution >= 0.6 is 39.7 Å². The fraction of sp³-hybridized carbons (Fsp3) is 0.278. The summed E-state index contributed by atoms with van der Waals surface area (Å²) >= 11 is 15.0. The van der Waals surface area contributed by atoms with E-state index in [-0.39, 0.29) is 6.04 Å². The standard InChI is InChI=1S/C18H20BrClN2S/c1-3-4-13-5-7-14(8-6-13)12(2)21-18(23)22-17-10-9-15(19)11-16(17)20/h5-12H,3-4H2,1-2H3,(H2,21,22,23). The molecular weight excluding hydrogens is 392 g/mol. The van der Waals surface area contributed by atoms with Gasteiger partial charge in [0.05, 0.1) is 16.8 Å². The molecule has 5 heteroatoms. The second kappa shape index (κ2) is 8.67. The summed E-state index contributed by atoms with van der Waals surface area (Å²) < 4.78 is 0.937. The van der Waals surface area contributed by atoms with E-state index in [1.165, 1.54) is 11.1 Å². The molecule has 122 valence electrons. The molecule has 0 aromatic heterocycles. The van der Waals surface area contributed by atoms with Gasteiger partial charge in [-0.05, 0) is 54.9 Å². The Kier molecular flexibility index (Phi) is 6.88. The van der Waals surface area contributed by atoms with Gasteiger partial charge in [0.15, 0.2) is 5.11 Å². The first-order chi connectivity index (χ1) is 11.0. The van der Waals surface area contributed by atoms with Crippen LogP contribution in [0.15, 0.2) is 46.9 Å². The smallest absolute Gasteiger partial charge is 0.171 e. The average molecular weight is 412 g/mol. The zero-order chi connectivity index (χ0) is 16.8. The highest BCUT2D eigenvalue weighted by Crippen LogP contribution is 2.25. The highest BCUT2D eigenvalue weighted by atomic mass is 79.9. The number of rotatable bonds is 5. The first-order valence-electron chi connectivity index (χ1n) is 7.61. The Bertz CT molecular complexity index is 673. The van der Waals surface area contributed by atoms with Crippen LogP contribution in [-0.2, 0) is 6.42 Å². The molecule has 0 heterocycles. The van der Waals surface area contributed by atoms with Gasteiger partial charge in [-0.1, -0.05) is 65.1 Å². The molecule has 1 unspecified atom stereocenters. The maximum atomic E-state index is 6.19. The molecule has 0 saturated carbocycles. The van der Waals surface area contributed by atoms with Gasteiger partial charge in [-0.15, -0.1) is 0 Å². The molecule has 0 aliphatic rings. The van der Waals surface area contributed by atoms with Crippen LogP contribution in [0.1, 0.15) is 37.4 Å². The summed E-state index contributed by atoms with van der Waals surface area (Å²) in [7, 11) is 0. The zero-order valence-electron chi connectivity index (χ0n) is 13.2. The summed E-state index contributed by atoms with van der Waals surface area (Å²) in [5.74, 6) is 0. The molecule has 0 spiro atoms. The lowest BCUT2D eigenvalue weighted by atomic mass is 10.0. The third kappa shape index (κ3) is 5.48. The van der Waals surface area contributed by atoms with Gasteiger partial charge in [0.2, 0.25) is 0 Å². The third-order valence-electron chi connectivity index (χ3n) is 3.55. The first kappa shape index (κ1) is 18.2. The normalized spacial score (nSPS) is 11.8. The zero-order valence-corrected chi connectivity index (χ0v) is 16.4. The summed E-state index contributed by atoms with van der Waals surface area (Å²) in [6, 6.07) is 14.4. The topological polar surface area (TPSA) is 24.1 Å². The van der Waals surface area contributed by atoms with Crippen LogP contribution in [0.3, 0.4) is 0 Å². The second-order valence-corrected chi connectivity index (χ2v) is 7.17. The molecule has 23 heavy (non-hydrogen) atoms. The molecule has 0 aliphatic carbocycles. The number of halogens is 2. The minimum Gasteiger partial charge on any atom is -0.356 e. The fourth-order valence-corrected chi connectivity index (χ4v) is 3.30. The fourth-order valence-electron chi connectivity index (χ4n) is 2.29. The van der Waals surface area contributed by atoms with Crippen LogP contribution in [0.25, 0.3) is 0 Å². The van der Waals surface area contributed by atoms with Crippen LogP contribution < -0.4 is 10.6 Å². The van der Waals surface area contributed by atoms with E-state index in [4.69, 9.17) is 23.8 Å². The lowest BCUT2D eigenvalue weighted by Crippen LogP contribution is -2.31. The average Bonchev–Trinajstić information content (AvgIpc) is 2.51. The molecule has 0 saturated heterocycles. The maximum absolute atomic E-state index is 6.19. The molecule has 2 rings (SSSR count). The van der Waals surface area contributed by atoms with Gasteiger partial charge in [-0.25, -0.2) is 0 Å². The van der Waals surface area contributed by atoms with Gasteiger partial charge in [0.25, 0.3) is 0 Å². The van der Waals surface area contributed by atoms with Crippen LogP contribution in [0.2, 0.25) is 5.02 Å². The van der Waals surface area contributed by atoms with Gasteiger partial charge < -0.3 is 10.6 Å². The predicted octanol–water partition coefficient (Wildman–Crippen LogP) is 6.10. The predicted molar refractivity (Wildman–Crippen MR) is 107 cm³/mol. The number of hydrogen-bond donors (Lipinski definition) is 2. The molecule has 2 aromatic rings. The van der Waals surface area contributed by atoms with Crippen molar-refractivity contribution in [3.8, 4) is 0 Å². The molecule has 0 amide bonds. The molecule has 0 fully saturated rings. The lowest BCUT2D eigenvalue weighted by molar-refractivity contribution is 0.722. The molecule has 2 N–H and O–H groups in total. The van der Waals surface area contributed by atoms with E-state index in [1.807, 2.05) is 18.2 Å². The van der Waals surface area contributed by atoms with Crippen LogP contribution in [0.5, 0.6) is 0 Å². The molecule has 0 radical (unpaired) electrons. The van der Waals surface area contributed by atoms with E-state index in [0.29, 0.717) is 10.1 Å². The van der Waals surface area contributed by atoms with E-state index in [0.717, 1.165) is 23.0 Å². The summed E-state index contributed by atoms with van der Waals surface area (Å²) in [6.45, 7) is 4.28. The number of nitrogens with one attached hydrogen (secondary N) is 2. The summed E-state index contributed by atoms with van der Waals surface area (Å²) in [5, 5.41) is 7.61. The van der Waals surface area contributed by atoms with Crippen LogP contribution in [0, 0.1) is 0 Å². The SMILES string of the molecule is CCCc1ccc(C(C)NC(=S)Nc2ccc(Br)cc2Cl)cc1. The minimum atomic E-state index is 0.125. The van der Waals surface area contributed by atoms with Gasteiger partial charge in [0, 0.05) is 4.47 Å². The Morgan fingerprint density at radius 3 is 2.52 bits per heavy atom. The number of anilines is 1. The quantitative estimate of drug-likeness (QED) is 0.581. The highest BCUT2D eigenvalue weighted by Gasteiger charge is 2.09. The van der Waals surface area contributed by atoms with Crippen molar-refractivity contribution in [3.63, 3.8) is 0 Å². The van der Waals surface area contributed by atoms with E-state index >= 15 is 0 Å². The maximum Gasteiger partial charge on any atom is 0.171 e. The van der Waals surface area contributed by atoms with E-state index in [1.54, 1.807) is 0 Å². The van der Waals surface area contributed by atoms with E-state index in [2.05, 4.69) is 64.7 Å². The molecule has 1 atom stereocenters. The van der Waals surface area contributed by atoms with Gasteiger partial charge in [0.1, 0.15) is 0 Å². The van der Waals surface area contributed by atoms with Crippen molar-refractivity contribution in [2.45, 2.75) is 32.7 Å². The monoisotopic (exact) mass is 410 g/mol. The Morgan fingerprint density at radius 1 is 1.22 bits per heavy atom. The number of hydrogen-bond acceptors (Lipinski definition) is 1. The van der Waals surface area contributed by atoms with E-state index < -0.39 is 0 Å². The number of aryl methyl sites for hydroxylation is 1. The van der Waals surface area contributed by atoms with Crippen LogP contribution in [0.4, 0.5) is 5.69 Å². The van der Waals surface area contributed by atoms with E-state index in [9.17, 15) is 0 Å². The van der Waals surface area contributed by atoms with Crippen molar-refractivity contribution in [1.29, 1.82) is 0 Å². The molecule has 2 nitrogen and oxygen atoms in total. The largest absolute Gasteiger partial charge is 0.356 e. The molecule has 0 bridgehead atoms. The van der Waals surface area contributed by atoms with Gasteiger partial charge in [-0.3, -0.25) is 0 Å². The van der Waals surface area contributed by atoms with Crippen molar-refractivity contribution < 1.29 is 0 Å². The van der Waals surface area contributed by atoms with Crippen LogP contribution in [-0.4, -0.2) is 5.11 Å². The molecule has 0 aliphatic heterocycles. The van der Waals surface area contributed by atoms with Crippen molar-refractivity contribution in [1.82, 2.24) is 5.32 Å². The number of thiocarbonyl (C=S) groups is 1. The summed E-state index contributed by atoms with van der Waals surface area (Å²) in [4.78, 5) is 0. The van der Waals surface area contributed by atoms with Crippen molar-refractivity contribution in [2.75, 3.05) is 5.32 Å². The Balaban J connectivity index is 1.96. The molecular formula is C18H20BrClN2S. The van der Waals surface area contributed by atoms with Crippen molar-refractivity contribution in [2.24, 2.45) is 0 Å². The van der Waals surface area contributed by atoms with Crippen molar-refractivity contribution >= 4 is 50.5 Å². The van der Waals surface area contributed by atoms with Crippen molar-refractivity contribution in [3.05, 3.63) is 63.1 Å². The summed E-state index contributed by atoms with van der Waals surface area (Å²) in [5.41, 5.74) is 3.36. The summed E-state index contributed by atoms with van der Waals surface area (Å²) in [6.07, 6.45) is 2.28. The Hall–Kier alpha value is -1.10. The Morgan fingerprint density at radius 2 is 1.91 bits per heavy atom. The van der Waals surface area contributed by atoms with Gasteiger partial charge >= 0.3 is 0 Å². The first-order valence-corrected chi connectivity index (χ1v) is 9.19. The highest BCUT2D eigenvalue weighted by molar-refractivity contribution is 9.10. The molecule has 2 aromatic carbocycles. The second-order valence-electron chi connectivity index (χ2n) is 5.44. The third-order valence-corrected chi connectivity index (χ3v) is 4.57. The van der Waals surface area contributed by atoms with Gasteiger partial charge in [-0.2, -0.15) is 0 Å². The number of benzene rings is 2. The lowest BCUT2D eigenvalue weighted by Gasteiger charge is -2.18. The Labute approximate surface area is 156 Å². The minimum absolute atomic E-state index is 0.125.